The van der Waals surface area contributed by atoms with Crippen LogP contribution < -0.4 is 9.47 Å². The third kappa shape index (κ3) is 2.34. The van der Waals surface area contributed by atoms with Gasteiger partial charge in [-0.3, -0.25) is 0 Å². The molecule has 78 valence electrons. The van der Waals surface area contributed by atoms with Crippen LogP contribution >= 0.6 is 0 Å². The molecule has 1 aromatic rings. The minimum Gasteiger partial charge on any atom is -0.478 e. The predicted octanol–water partition coefficient (Wildman–Crippen LogP) is 1.89. The van der Waals surface area contributed by atoms with Gasteiger partial charge in [0, 0.05) is 0 Å². The standard InChI is InChI=1S/C10H16N2O2/c1-5-13-9-7(3)10(14-6-2)12-8(4)11-9/h5-6H2,1-4H3. The lowest BCUT2D eigenvalue weighted by Crippen LogP contribution is -2.04. The Kier molecular flexibility index (Phi) is 3.68. The first-order valence-corrected chi connectivity index (χ1v) is 4.79. The van der Waals surface area contributed by atoms with Crippen LogP contribution in [0.15, 0.2) is 0 Å². The number of nitrogens with zero attached hydrogens (tertiary/aromatic N) is 2. The SMILES string of the molecule is CCOc1nc(C)nc(OCC)c1C. The van der Waals surface area contributed by atoms with E-state index in [0.29, 0.717) is 30.8 Å². The van der Waals surface area contributed by atoms with E-state index in [0.717, 1.165) is 5.56 Å². The monoisotopic (exact) mass is 196 g/mol. The van der Waals surface area contributed by atoms with Gasteiger partial charge in [-0.1, -0.05) is 0 Å². The van der Waals surface area contributed by atoms with Crippen molar-refractivity contribution in [1.29, 1.82) is 0 Å². The summed E-state index contributed by atoms with van der Waals surface area (Å²) in [6.07, 6.45) is 0. The Morgan fingerprint density at radius 2 is 1.36 bits per heavy atom. The summed E-state index contributed by atoms with van der Waals surface area (Å²) in [6.45, 7) is 8.78. The maximum absolute atomic E-state index is 5.37. The van der Waals surface area contributed by atoms with E-state index in [1.54, 1.807) is 0 Å². The summed E-state index contributed by atoms with van der Waals surface area (Å²) in [5, 5.41) is 0. The molecule has 1 heterocycles. The maximum atomic E-state index is 5.37. The molecule has 1 aromatic heterocycles. The van der Waals surface area contributed by atoms with E-state index in [1.165, 1.54) is 0 Å². The molecule has 0 aliphatic rings. The van der Waals surface area contributed by atoms with Crippen LogP contribution in [-0.4, -0.2) is 23.2 Å². The second kappa shape index (κ2) is 4.79. The second-order valence-corrected chi connectivity index (χ2v) is 2.87. The minimum atomic E-state index is 0.600. The molecule has 0 aliphatic carbocycles. The molecule has 0 amide bonds. The molecule has 0 bridgehead atoms. The van der Waals surface area contributed by atoms with E-state index in [1.807, 2.05) is 27.7 Å². The van der Waals surface area contributed by atoms with Crippen molar-refractivity contribution in [3.8, 4) is 11.8 Å². The molecule has 0 N–H and O–H groups in total. The lowest BCUT2D eigenvalue weighted by atomic mass is 10.3. The Morgan fingerprint density at radius 3 is 1.71 bits per heavy atom. The molecule has 0 fully saturated rings. The highest BCUT2D eigenvalue weighted by atomic mass is 16.5. The van der Waals surface area contributed by atoms with Crippen LogP contribution in [0.2, 0.25) is 0 Å². The van der Waals surface area contributed by atoms with Gasteiger partial charge in [0.1, 0.15) is 5.82 Å². The van der Waals surface area contributed by atoms with E-state index in [4.69, 9.17) is 9.47 Å². The van der Waals surface area contributed by atoms with Crippen LogP contribution in [0.1, 0.15) is 25.2 Å². The Morgan fingerprint density at radius 1 is 0.929 bits per heavy atom. The second-order valence-electron chi connectivity index (χ2n) is 2.87. The van der Waals surface area contributed by atoms with Crippen molar-refractivity contribution < 1.29 is 9.47 Å². The molecule has 1 rings (SSSR count). The van der Waals surface area contributed by atoms with Gasteiger partial charge >= 0.3 is 0 Å². The highest BCUT2D eigenvalue weighted by Gasteiger charge is 2.10. The van der Waals surface area contributed by atoms with Crippen molar-refractivity contribution in [1.82, 2.24) is 9.97 Å². The van der Waals surface area contributed by atoms with Crippen LogP contribution in [0, 0.1) is 13.8 Å². The van der Waals surface area contributed by atoms with Crippen molar-refractivity contribution in [2.45, 2.75) is 27.7 Å². The quantitative estimate of drug-likeness (QED) is 0.737. The summed E-state index contributed by atoms with van der Waals surface area (Å²) < 4.78 is 10.7. The molecule has 0 aromatic carbocycles. The van der Waals surface area contributed by atoms with Crippen LogP contribution in [0.3, 0.4) is 0 Å². The average molecular weight is 196 g/mol. The first-order chi connectivity index (χ1) is 6.69. The van der Waals surface area contributed by atoms with Crippen LogP contribution in [0.5, 0.6) is 11.8 Å². The lowest BCUT2D eigenvalue weighted by Gasteiger charge is -2.10. The lowest BCUT2D eigenvalue weighted by molar-refractivity contribution is 0.299. The van der Waals surface area contributed by atoms with E-state index in [9.17, 15) is 0 Å². The highest BCUT2D eigenvalue weighted by Crippen LogP contribution is 2.23. The third-order valence-electron chi connectivity index (χ3n) is 1.73. The number of ether oxygens (including phenoxy) is 2. The zero-order valence-electron chi connectivity index (χ0n) is 9.13. The number of rotatable bonds is 4. The molecule has 0 atom stereocenters. The summed E-state index contributed by atoms with van der Waals surface area (Å²) in [5.41, 5.74) is 0.860. The van der Waals surface area contributed by atoms with Gasteiger partial charge in [0.15, 0.2) is 0 Å². The van der Waals surface area contributed by atoms with Crippen molar-refractivity contribution >= 4 is 0 Å². The van der Waals surface area contributed by atoms with E-state index < -0.39 is 0 Å². The third-order valence-corrected chi connectivity index (χ3v) is 1.73. The summed E-state index contributed by atoms with van der Waals surface area (Å²) >= 11 is 0. The maximum Gasteiger partial charge on any atom is 0.223 e. The van der Waals surface area contributed by atoms with E-state index in [-0.39, 0.29) is 0 Å². The number of aromatic nitrogens is 2. The van der Waals surface area contributed by atoms with Gasteiger partial charge < -0.3 is 9.47 Å². The fourth-order valence-corrected chi connectivity index (χ4v) is 1.13. The van der Waals surface area contributed by atoms with Gasteiger partial charge in [-0.15, -0.1) is 0 Å². The average Bonchev–Trinajstić information content (AvgIpc) is 2.14. The van der Waals surface area contributed by atoms with Gasteiger partial charge in [0.2, 0.25) is 11.8 Å². The Labute approximate surface area is 84.3 Å². The summed E-state index contributed by atoms with van der Waals surface area (Å²) in [4.78, 5) is 8.38. The smallest absolute Gasteiger partial charge is 0.223 e. The molecule has 0 saturated carbocycles. The normalized spacial score (nSPS) is 10.0. The first kappa shape index (κ1) is 10.8. The molecule has 14 heavy (non-hydrogen) atoms. The molecule has 0 aliphatic heterocycles. The predicted molar refractivity (Wildman–Crippen MR) is 53.8 cm³/mol. The van der Waals surface area contributed by atoms with Gasteiger partial charge in [0.25, 0.3) is 0 Å². The molecule has 0 radical (unpaired) electrons. The number of hydrogen-bond donors (Lipinski definition) is 0. The first-order valence-electron chi connectivity index (χ1n) is 4.79. The highest BCUT2D eigenvalue weighted by molar-refractivity contribution is 5.33. The molecular weight excluding hydrogens is 180 g/mol. The van der Waals surface area contributed by atoms with E-state index in [2.05, 4.69) is 9.97 Å². The van der Waals surface area contributed by atoms with Gasteiger partial charge in [-0.05, 0) is 27.7 Å². The summed E-state index contributed by atoms with van der Waals surface area (Å²) in [5.74, 6) is 1.90. The van der Waals surface area contributed by atoms with Crippen molar-refractivity contribution in [2.24, 2.45) is 0 Å². The van der Waals surface area contributed by atoms with Gasteiger partial charge in [0.05, 0.1) is 18.8 Å². The van der Waals surface area contributed by atoms with Crippen molar-refractivity contribution in [2.75, 3.05) is 13.2 Å². The molecule has 4 nitrogen and oxygen atoms in total. The van der Waals surface area contributed by atoms with Crippen LogP contribution in [-0.2, 0) is 0 Å². The fraction of sp³-hybridized carbons (Fsp3) is 0.600. The molecule has 0 saturated heterocycles. The Balaban J connectivity index is 3.04. The molecular formula is C10H16N2O2. The largest absolute Gasteiger partial charge is 0.478 e. The van der Waals surface area contributed by atoms with Crippen molar-refractivity contribution in [3.63, 3.8) is 0 Å². The van der Waals surface area contributed by atoms with Gasteiger partial charge in [-0.2, -0.15) is 9.97 Å². The topological polar surface area (TPSA) is 44.2 Å². The van der Waals surface area contributed by atoms with Crippen molar-refractivity contribution in [3.05, 3.63) is 11.4 Å². The summed E-state index contributed by atoms with van der Waals surface area (Å²) in [7, 11) is 0. The Bertz CT molecular complexity index is 286. The number of hydrogen-bond acceptors (Lipinski definition) is 4. The minimum absolute atomic E-state index is 0.600. The van der Waals surface area contributed by atoms with E-state index >= 15 is 0 Å². The van der Waals surface area contributed by atoms with Crippen LogP contribution in [0.25, 0.3) is 0 Å². The zero-order chi connectivity index (χ0) is 10.6. The Hall–Kier alpha value is -1.32. The zero-order valence-corrected chi connectivity index (χ0v) is 9.13. The van der Waals surface area contributed by atoms with Crippen LogP contribution in [0.4, 0.5) is 0 Å². The summed E-state index contributed by atoms with van der Waals surface area (Å²) in [6, 6.07) is 0. The number of aryl methyl sites for hydroxylation is 1. The fourth-order valence-electron chi connectivity index (χ4n) is 1.13. The molecule has 0 unspecified atom stereocenters. The molecule has 0 spiro atoms. The van der Waals surface area contributed by atoms with Gasteiger partial charge in [-0.25, -0.2) is 0 Å². The molecule has 4 heteroatoms.